The normalized spacial score (nSPS) is 13.9. The van der Waals surface area contributed by atoms with Crippen LogP contribution < -0.4 is 0 Å². The van der Waals surface area contributed by atoms with Gasteiger partial charge in [-0.2, -0.15) is 4.37 Å². The molecule has 2 rings (SSSR count). The zero-order valence-corrected chi connectivity index (χ0v) is 11.7. The van der Waals surface area contributed by atoms with Crippen molar-refractivity contribution in [1.82, 2.24) is 24.1 Å². The van der Waals surface area contributed by atoms with Crippen LogP contribution in [0.3, 0.4) is 0 Å². The Morgan fingerprint density at radius 2 is 2.12 bits per heavy atom. The molecular formula is C9H13N5OS2. The van der Waals surface area contributed by atoms with Crippen LogP contribution in [-0.2, 0) is 16.2 Å². The van der Waals surface area contributed by atoms with Gasteiger partial charge in [0.2, 0.25) is 10.3 Å². The molecule has 0 saturated heterocycles. The molecule has 0 aliphatic heterocycles. The van der Waals surface area contributed by atoms with Gasteiger partial charge >= 0.3 is 0 Å². The van der Waals surface area contributed by atoms with Gasteiger partial charge in [0, 0.05) is 23.2 Å². The molecule has 1 unspecified atom stereocenters. The second-order valence-corrected chi connectivity index (χ2v) is 6.59. The molecule has 2 aromatic rings. The number of aromatic nitrogens is 5. The molecule has 0 aliphatic carbocycles. The van der Waals surface area contributed by atoms with Crippen LogP contribution in [-0.4, -0.2) is 34.6 Å². The zero-order chi connectivity index (χ0) is 12.6. The van der Waals surface area contributed by atoms with Gasteiger partial charge in [-0.25, -0.2) is 9.55 Å². The van der Waals surface area contributed by atoms with E-state index < -0.39 is 10.8 Å². The molecule has 0 saturated carbocycles. The van der Waals surface area contributed by atoms with E-state index in [-0.39, 0.29) is 5.41 Å². The van der Waals surface area contributed by atoms with Gasteiger partial charge in [-0.05, 0) is 0 Å². The van der Waals surface area contributed by atoms with E-state index in [1.165, 1.54) is 17.9 Å². The van der Waals surface area contributed by atoms with E-state index >= 15 is 0 Å². The molecule has 0 spiro atoms. The summed E-state index contributed by atoms with van der Waals surface area (Å²) in [5.74, 6) is 0.763. The highest BCUT2D eigenvalue weighted by Gasteiger charge is 2.21. The second kappa shape index (κ2) is 4.26. The van der Waals surface area contributed by atoms with E-state index in [1.807, 2.05) is 20.8 Å². The van der Waals surface area contributed by atoms with Crippen LogP contribution in [0.25, 0.3) is 5.13 Å². The summed E-state index contributed by atoms with van der Waals surface area (Å²) in [4.78, 5) is 4.42. The van der Waals surface area contributed by atoms with E-state index in [2.05, 4.69) is 19.6 Å². The van der Waals surface area contributed by atoms with Gasteiger partial charge in [0.15, 0.2) is 0 Å². The Bertz CT molecular complexity index is 554. The van der Waals surface area contributed by atoms with Crippen LogP contribution in [0.15, 0.2) is 11.5 Å². The van der Waals surface area contributed by atoms with Crippen LogP contribution in [0, 0.1) is 0 Å². The lowest BCUT2D eigenvalue weighted by Crippen LogP contribution is -2.13. The van der Waals surface area contributed by atoms with Gasteiger partial charge in [-0.3, -0.25) is 4.21 Å². The predicted octanol–water partition coefficient (Wildman–Crippen LogP) is 1.15. The molecule has 1 atom stereocenters. The van der Waals surface area contributed by atoms with Crippen LogP contribution in [0.4, 0.5) is 0 Å². The highest BCUT2D eigenvalue weighted by atomic mass is 32.2. The molecule has 0 radical (unpaired) electrons. The van der Waals surface area contributed by atoms with E-state index in [0.29, 0.717) is 10.3 Å². The fourth-order valence-corrected chi connectivity index (χ4v) is 2.63. The topological polar surface area (TPSA) is 73.6 Å². The molecule has 0 bridgehead atoms. The van der Waals surface area contributed by atoms with Gasteiger partial charge in [-0.15, -0.1) is 10.2 Å². The second-order valence-electron chi connectivity index (χ2n) is 4.59. The maximum absolute atomic E-state index is 11.4. The summed E-state index contributed by atoms with van der Waals surface area (Å²) >= 11 is 1.25. The molecule has 0 aromatic carbocycles. The molecule has 2 aromatic heterocycles. The third-order valence-electron chi connectivity index (χ3n) is 2.07. The Morgan fingerprint density at radius 1 is 1.41 bits per heavy atom. The van der Waals surface area contributed by atoms with E-state index in [1.54, 1.807) is 10.8 Å². The van der Waals surface area contributed by atoms with Crippen molar-refractivity contribution in [3.63, 3.8) is 0 Å². The molecule has 0 fully saturated rings. The Kier molecular flexibility index (Phi) is 3.09. The van der Waals surface area contributed by atoms with Crippen LogP contribution >= 0.6 is 11.5 Å². The Hall–Kier alpha value is -1.15. The fraction of sp³-hybridized carbons (Fsp3) is 0.556. The third-order valence-corrected chi connectivity index (χ3v) is 3.57. The third kappa shape index (κ3) is 2.42. The van der Waals surface area contributed by atoms with Crippen LogP contribution in [0.1, 0.15) is 26.6 Å². The molecule has 8 heteroatoms. The fourth-order valence-electron chi connectivity index (χ4n) is 1.17. The van der Waals surface area contributed by atoms with Crippen LogP contribution in [0.2, 0.25) is 0 Å². The summed E-state index contributed by atoms with van der Waals surface area (Å²) in [7, 11) is -1.19. The lowest BCUT2D eigenvalue weighted by Gasteiger charge is -2.12. The minimum Gasteiger partial charge on any atom is -0.251 e. The average Bonchev–Trinajstić information content (AvgIpc) is 2.85. The molecule has 17 heavy (non-hydrogen) atoms. The zero-order valence-electron chi connectivity index (χ0n) is 10.0. The molecule has 0 aliphatic rings. The average molecular weight is 271 g/mol. The summed E-state index contributed by atoms with van der Waals surface area (Å²) < 4.78 is 17.4. The lowest BCUT2D eigenvalue weighted by atomic mass is 9.96. The number of hydrogen-bond donors (Lipinski definition) is 0. The highest BCUT2D eigenvalue weighted by Crippen LogP contribution is 2.23. The van der Waals surface area contributed by atoms with Gasteiger partial charge in [0.25, 0.3) is 0 Å². The van der Waals surface area contributed by atoms with Gasteiger partial charge in [0.1, 0.15) is 12.2 Å². The quantitative estimate of drug-likeness (QED) is 0.819. The number of rotatable bonds is 2. The van der Waals surface area contributed by atoms with E-state index in [4.69, 9.17) is 0 Å². The SMILES string of the molecule is CS(=O)c1nncn1-c1nc(C(C)(C)C)ns1. The Balaban J connectivity index is 2.44. The summed E-state index contributed by atoms with van der Waals surface area (Å²) in [6.07, 6.45) is 3.07. The number of nitrogens with zero attached hydrogens (tertiary/aromatic N) is 5. The lowest BCUT2D eigenvalue weighted by molar-refractivity contribution is 0.553. The standard InChI is InChI=1S/C9H13N5OS2/c1-9(2,3)6-11-7(16-13-6)14-5-10-12-8(14)17(4)15/h5H,1-4H3. The monoisotopic (exact) mass is 271 g/mol. The van der Waals surface area contributed by atoms with E-state index in [9.17, 15) is 4.21 Å². The van der Waals surface area contributed by atoms with Gasteiger partial charge in [0.05, 0.1) is 10.8 Å². The largest absolute Gasteiger partial charge is 0.251 e. The number of hydrogen-bond acceptors (Lipinski definition) is 6. The first kappa shape index (κ1) is 12.3. The van der Waals surface area contributed by atoms with Crippen molar-refractivity contribution in [1.29, 1.82) is 0 Å². The summed E-state index contributed by atoms with van der Waals surface area (Å²) in [5.41, 5.74) is -0.103. The molecule has 0 amide bonds. The van der Waals surface area contributed by atoms with Crippen LogP contribution in [0.5, 0.6) is 0 Å². The first-order valence-corrected chi connectivity index (χ1v) is 7.31. The molecule has 0 N–H and O–H groups in total. The van der Waals surface area contributed by atoms with Crippen molar-refractivity contribution >= 4 is 22.3 Å². The van der Waals surface area contributed by atoms with Crippen molar-refractivity contribution < 1.29 is 4.21 Å². The Labute approximate surface area is 106 Å². The van der Waals surface area contributed by atoms with Crippen molar-refractivity contribution in [3.8, 4) is 5.13 Å². The predicted molar refractivity (Wildman–Crippen MR) is 65.9 cm³/mol. The Morgan fingerprint density at radius 3 is 2.65 bits per heavy atom. The van der Waals surface area contributed by atoms with Crippen molar-refractivity contribution in [3.05, 3.63) is 12.2 Å². The summed E-state index contributed by atoms with van der Waals surface area (Å²) in [6, 6.07) is 0. The summed E-state index contributed by atoms with van der Waals surface area (Å²) in [6.45, 7) is 6.14. The summed E-state index contributed by atoms with van der Waals surface area (Å²) in [5, 5.41) is 8.60. The van der Waals surface area contributed by atoms with Crippen molar-refractivity contribution in [2.24, 2.45) is 0 Å². The molecule has 2 heterocycles. The molecular weight excluding hydrogens is 258 g/mol. The van der Waals surface area contributed by atoms with Crippen molar-refractivity contribution in [2.75, 3.05) is 6.26 Å². The maximum Gasteiger partial charge on any atom is 0.227 e. The highest BCUT2D eigenvalue weighted by molar-refractivity contribution is 7.84. The molecule has 92 valence electrons. The minimum absolute atomic E-state index is 0.103. The molecule has 6 nitrogen and oxygen atoms in total. The minimum atomic E-state index is -1.19. The van der Waals surface area contributed by atoms with E-state index in [0.717, 1.165) is 5.82 Å². The first-order chi connectivity index (χ1) is 7.89. The maximum atomic E-state index is 11.4. The van der Waals surface area contributed by atoms with Gasteiger partial charge in [-0.1, -0.05) is 20.8 Å². The van der Waals surface area contributed by atoms with Crippen molar-refractivity contribution in [2.45, 2.75) is 31.3 Å². The smallest absolute Gasteiger partial charge is 0.227 e. The first-order valence-electron chi connectivity index (χ1n) is 4.97. The van der Waals surface area contributed by atoms with Gasteiger partial charge < -0.3 is 0 Å².